The van der Waals surface area contributed by atoms with Gasteiger partial charge in [0.15, 0.2) is 0 Å². The fourth-order valence-corrected chi connectivity index (χ4v) is 2.18. The number of carboxylic acids is 1. The molecule has 2 rings (SSSR count). The van der Waals surface area contributed by atoms with E-state index in [2.05, 4.69) is 41.2 Å². The number of aliphatic carboxylic acids is 1. The first kappa shape index (κ1) is 14.2. The van der Waals surface area contributed by atoms with Crippen molar-refractivity contribution in [1.82, 2.24) is 9.97 Å². The highest BCUT2D eigenvalue weighted by molar-refractivity contribution is 5.70. The summed E-state index contributed by atoms with van der Waals surface area (Å²) in [5, 5.41) is 8.89. The smallest absolute Gasteiger partial charge is 0.307 e. The predicted molar refractivity (Wildman–Crippen MR) is 76.8 cm³/mol. The quantitative estimate of drug-likeness (QED) is 0.927. The molecule has 0 radical (unpaired) electrons. The van der Waals surface area contributed by atoms with E-state index in [4.69, 9.17) is 5.11 Å². The van der Waals surface area contributed by atoms with Gasteiger partial charge in [-0.1, -0.05) is 29.8 Å². The number of hydrogen-bond donors (Lipinski definition) is 1. The first-order valence-electron chi connectivity index (χ1n) is 6.56. The summed E-state index contributed by atoms with van der Waals surface area (Å²) in [5.74, 6) is -0.121. The Kier molecular flexibility index (Phi) is 4.13. The Bertz CT molecular complexity index is 610. The van der Waals surface area contributed by atoms with E-state index < -0.39 is 5.97 Å². The molecule has 1 aromatic carbocycles. The average molecular weight is 270 g/mol. The van der Waals surface area contributed by atoms with Crippen LogP contribution < -0.4 is 0 Å². The minimum atomic E-state index is -0.855. The molecule has 1 N–H and O–H groups in total. The second kappa shape index (κ2) is 5.82. The van der Waals surface area contributed by atoms with Gasteiger partial charge in [-0.25, -0.2) is 9.97 Å². The standard InChI is InChI=1S/C16H18N2O2/c1-10-4-6-13(7-5-10)8-15-17-11(2)14(9-16(19)20)12(3)18-15/h4-7H,8-9H2,1-3H3,(H,19,20). The summed E-state index contributed by atoms with van der Waals surface area (Å²) in [6.45, 7) is 5.73. The Hall–Kier alpha value is -2.23. The van der Waals surface area contributed by atoms with Crippen LogP contribution in [0.2, 0.25) is 0 Å². The fraction of sp³-hybridized carbons (Fsp3) is 0.312. The Morgan fingerprint density at radius 2 is 1.60 bits per heavy atom. The Morgan fingerprint density at radius 3 is 2.10 bits per heavy atom. The van der Waals surface area contributed by atoms with Crippen molar-refractivity contribution in [1.29, 1.82) is 0 Å². The Morgan fingerprint density at radius 1 is 1.05 bits per heavy atom. The molecular formula is C16H18N2O2. The molecule has 0 unspecified atom stereocenters. The number of carbonyl (C=O) groups is 1. The van der Waals surface area contributed by atoms with Gasteiger partial charge < -0.3 is 5.11 Å². The lowest BCUT2D eigenvalue weighted by molar-refractivity contribution is -0.136. The molecule has 20 heavy (non-hydrogen) atoms. The monoisotopic (exact) mass is 270 g/mol. The fourth-order valence-electron chi connectivity index (χ4n) is 2.18. The molecule has 1 heterocycles. The minimum Gasteiger partial charge on any atom is -0.481 e. The zero-order valence-corrected chi connectivity index (χ0v) is 12.0. The molecule has 0 spiro atoms. The van der Waals surface area contributed by atoms with E-state index in [1.807, 2.05) is 13.8 Å². The minimum absolute atomic E-state index is 0.0253. The molecule has 2 aromatic rings. The molecule has 0 aliphatic heterocycles. The average Bonchev–Trinajstić information content (AvgIpc) is 2.36. The first-order valence-corrected chi connectivity index (χ1v) is 6.56. The van der Waals surface area contributed by atoms with Crippen molar-refractivity contribution >= 4 is 5.97 Å². The third-order valence-corrected chi connectivity index (χ3v) is 3.28. The third-order valence-electron chi connectivity index (χ3n) is 3.28. The van der Waals surface area contributed by atoms with Gasteiger partial charge in [-0.2, -0.15) is 0 Å². The number of aryl methyl sites for hydroxylation is 3. The van der Waals surface area contributed by atoms with Gasteiger partial charge in [-0.3, -0.25) is 4.79 Å². The van der Waals surface area contributed by atoms with Crippen molar-refractivity contribution in [3.05, 3.63) is 58.2 Å². The molecule has 0 atom stereocenters. The lowest BCUT2D eigenvalue weighted by Crippen LogP contribution is -2.10. The molecule has 0 aliphatic carbocycles. The van der Waals surface area contributed by atoms with Crippen LogP contribution in [0.5, 0.6) is 0 Å². The molecule has 104 valence electrons. The van der Waals surface area contributed by atoms with Gasteiger partial charge in [0.25, 0.3) is 0 Å². The number of hydrogen-bond acceptors (Lipinski definition) is 3. The second-order valence-electron chi connectivity index (χ2n) is 5.02. The van der Waals surface area contributed by atoms with Gasteiger partial charge in [-0.05, 0) is 26.3 Å². The number of aromatic nitrogens is 2. The first-order chi connectivity index (χ1) is 9.45. The number of rotatable bonds is 4. The highest BCUT2D eigenvalue weighted by atomic mass is 16.4. The van der Waals surface area contributed by atoms with Crippen LogP contribution in [0.3, 0.4) is 0 Å². The molecule has 0 aliphatic rings. The predicted octanol–water partition coefficient (Wildman–Crippen LogP) is 2.62. The molecule has 0 bridgehead atoms. The van der Waals surface area contributed by atoms with Gasteiger partial charge in [0, 0.05) is 23.4 Å². The van der Waals surface area contributed by atoms with Crippen molar-refractivity contribution in [3.63, 3.8) is 0 Å². The maximum absolute atomic E-state index is 10.8. The largest absolute Gasteiger partial charge is 0.481 e. The van der Waals surface area contributed by atoms with Crippen LogP contribution in [0, 0.1) is 20.8 Å². The summed E-state index contributed by atoms with van der Waals surface area (Å²) < 4.78 is 0. The van der Waals surface area contributed by atoms with Gasteiger partial charge >= 0.3 is 5.97 Å². The lowest BCUT2D eigenvalue weighted by atomic mass is 10.1. The van der Waals surface area contributed by atoms with E-state index in [9.17, 15) is 4.79 Å². The number of benzene rings is 1. The zero-order valence-electron chi connectivity index (χ0n) is 12.0. The van der Waals surface area contributed by atoms with E-state index in [0.717, 1.165) is 22.8 Å². The maximum Gasteiger partial charge on any atom is 0.307 e. The topological polar surface area (TPSA) is 63.1 Å². The molecular weight excluding hydrogens is 252 g/mol. The molecule has 4 heteroatoms. The summed E-state index contributed by atoms with van der Waals surface area (Å²) in [6, 6.07) is 8.25. The van der Waals surface area contributed by atoms with Crippen LogP contribution in [0.1, 0.15) is 33.9 Å². The number of carboxylic acid groups (broad SMARTS) is 1. The van der Waals surface area contributed by atoms with Crippen LogP contribution in [-0.4, -0.2) is 21.0 Å². The van der Waals surface area contributed by atoms with E-state index in [-0.39, 0.29) is 6.42 Å². The highest BCUT2D eigenvalue weighted by Gasteiger charge is 2.12. The van der Waals surface area contributed by atoms with E-state index in [0.29, 0.717) is 12.0 Å². The summed E-state index contributed by atoms with van der Waals surface area (Å²) in [6.07, 6.45) is 0.637. The van der Waals surface area contributed by atoms with Crippen LogP contribution >= 0.6 is 0 Å². The molecule has 0 amide bonds. The van der Waals surface area contributed by atoms with E-state index in [1.54, 1.807) is 0 Å². The van der Waals surface area contributed by atoms with E-state index in [1.165, 1.54) is 5.56 Å². The summed E-state index contributed by atoms with van der Waals surface area (Å²) in [5.41, 5.74) is 4.59. The zero-order chi connectivity index (χ0) is 14.7. The van der Waals surface area contributed by atoms with Crippen molar-refractivity contribution in [3.8, 4) is 0 Å². The SMILES string of the molecule is Cc1ccc(Cc2nc(C)c(CC(=O)O)c(C)n2)cc1. The summed E-state index contributed by atoms with van der Waals surface area (Å²) in [4.78, 5) is 19.7. The van der Waals surface area contributed by atoms with Gasteiger partial charge in [0.1, 0.15) is 5.82 Å². The van der Waals surface area contributed by atoms with Crippen molar-refractivity contribution in [2.24, 2.45) is 0 Å². The van der Waals surface area contributed by atoms with Crippen molar-refractivity contribution < 1.29 is 9.90 Å². The van der Waals surface area contributed by atoms with Gasteiger partial charge in [0.2, 0.25) is 0 Å². The normalized spacial score (nSPS) is 10.6. The lowest BCUT2D eigenvalue weighted by Gasteiger charge is -2.09. The molecule has 1 aromatic heterocycles. The van der Waals surface area contributed by atoms with Gasteiger partial charge in [0.05, 0.1) is 6.42 Å². The summed E-state index contributed by atoms with van der Waals surface area (Å²) in [7, 11) is 0. The molecule has 0 fully saturated rings. The molecule has 4 nitrogen and oxygen atoms in total. The molecule has 0 saturated heterocycles. The molecule has 0 saturated carbocycles. The number of nitrogens with zero attached hydrogens (tertiary/aromatic N) is 2. The van der Waals surface area contributed by atoms with Crippen LogP contribution in [0.25, 0.3) is 0 Å². The van der Waals surface area contributed by atoms with Crippen LogP contribution in [-0.2, 0) is 17.6 Å². The van der Waals surface area contributed by atoms with Crippen LogP contribution in [0.4, 0.5) is 0 Å². The van der Waals surface area contributed by atoms with E-state index >= 15 is 0 Å². The highest BCUT2D eigenvalue weighted by Crippen LogP contribution is 2.14. The van der Waals surface area contributed by atoms with Gasteiger partial charge in [-0.15, -0.1) is 0 Å². The maximum atomic E-state index is 10.8. The van der Waals surface area contributed by atoms with Crippen molar-refractivity contribution in [2.75, 3.05) is 0 Å². The van der Waals surface area contributed by atoms with Crippen molar-refractivity contribution in [2.45, 2.75) is 33.6 Å². The summed E-state index contributed by atoms with van der Waals surface area (Å²) >= 11 is 0. The second-order valence-corrected chi connectivity index (χ2v) is 5.02. The Balaban J connectivity index is 2.26. The third kappa shape index (κ3) is 3.41. The van der Waals surface area contributed by atoms with Crippen LogP contribution in [0.15, 0.2) is 24.3 Å². The Labute approximate surface area is 118 Å².